The van der Waals surface area contributed by atoms with Gasteiger partial charge in [-0.05, 0) is 36.4 Å². The molecule has 0 amide bonds. The maximum Gasteiger partial charge on any atom is 0.210 e. The van der Waals surface area contributed by atoms with Crippen LogP contribution in [0.15, 0.2) is 52.9 Å². The molecule has 0 bridgehead atoms. The average molecular weight is 394 g/mol. The summed E-state index contributed by atoms with van der Waals surface area (Å²) < 4.78 is 11.8. The minimum Gasteiger partial charge on any atom is -0.497 e. The summed E-state index contributed by atoms with van der Waals surface area (Å²) in [5, 5.41) is 13.0. The van der Waals surface area contributed by atoms with Crippen molar-refractivity contribution in [3.8, 4) is 11.5 Å². The van der Waals surface area contributed by atoms with Crippen molar-refractivity contribution in [2.45, 2.75) is 4.34 Å². The summed E-state index contributed by atoms with van der Waals surface area (Å²) >= 11 is 8.96. The molecule has 0 aliphatic carbocycles. The van der Waals surface area contributed by atoms with Crippen molar-refractivity contribution in [2.75, 3.05) is 24.8 Å². The zero-order chi connectivity index (χ0) is 17.5. The molecular formula is C17H16ClN3O2S2. The van der Waals surface area contributed by atoms with Gasteiger partial charge in [0.2, 0.25) is 5.13 Å². The number of hydrogen-bond acceptors (Lipinski definition) is 7. The fourth-order valence-electron chi connectivity index (χ4n) is 1.96. The molecule has 0 fully saturated rings. The predicted octanol–water partition coefficient (Wildman–Crippen LogP) is 5.11. The molecule has 0 aliphatic rings. The van der Waals surface area contributed by atoms with E-state index < -0.39 is 0 Å². The number of hydrogen-bond donors (Lipinski definition) is 1. The second-order valence-corrected chi connectivity index (χ2v) is 7.64. The second-order valence-electron chi connectivity index (χ2n) is 4.88. The molecule has 0 spiro atoms. The summed E-state index contributed by atoms with van der Waals surface area (Å²) in [6.45, 7) is 0.588. The standard InChI is InChI=1S/C17H16ClN3O2S2/c1-22-15-4-2-3-13(11-15)19-16-20-21-17(25-16)24-10-9-23-14-7-5-12(18)6-8-14/h2-8,11H,9-10H2,1H3,(H,19,20). The number of ether oxygens (including phenoxy) is 2. The number of thioether (sulfide) groups is 1. The van der Waals surface area contributed by atoms with Crippen molar-refractivity contribution in [1.29, 1.82) is 0 Å². The van der Waals surface area contributed by atoms with Crippen LogP contribution in [0.4, 0.5) is 10.8 Å². The van der Waals surface area contributed by atoms with Gasteiger partial charge in [-0.1, -0.05) is 40.8 Å². The molecule has 0 atom stereocenters. The molecule has 2 aromatic carbocycles. The number of benzene rings is 2. The normalized spacial score (nSPS) is 10.5. The Kier molecular flexibility index (Phi) is 6.38. The molecule has 0 saturated heterocycles. The third-order valence-electron chi connectivity index (χ3n) is 3.12. The average Bonchev–Trinajstić information content (AvgIpc) is 3.08. The summed E-state index contributed by atoms with van der Waals surface area (Å²) in [6, 6.07) is 15.0. The molecule has 130 valence electrons. The van der Waals surface area contributed by atoms with Gasteiger partial charge in [0.15, 0.2) is 4.34 Å². The summed E-state index contributed by atoms with van der Waals surface area (Å²) in [4.78, 5) is 0. The minimum absolute atomic E-state index is 0.588. The van der Waals surface area contributed by atoms with Gasteiger partial charge in [-0.15, -0.1) is 10.2 Å². The molecule has 0 radical (unpaired) electrons. The molecule has 1 aromatic heterocycles. The second kappa shape index (κ2) is 8.94. The van der Waals surface area contributed by atoms with E-state index >= 15 is 0 Å². The first-order valence-electron chi connectivity index (χ1n) is 7.49. The Hall–Kier alpha value is -1.96. The van der Waals surface area contributed by atoms with Crippen LogP contribution in [0.5, 0.6) is 11.5 Å². The summed E-state index contributed by atoms with van der Waals surface area (Å²) in [5.41, 5.74) is 0.915. The topological polar surface area (TPSA) is 56.3 Å². The van der Waals surface area contributed by atoms with E-state index in [0.29, 0.717) is 11.6 Å². The highest BCUT2D eigenvalue weighted by Gasteiger charge is 2.06. The molecule has 1 N–H and O–H groups in total. The SMILES string of the molecule is COc1cccc(Nc2nnc(SCCOc3ccc(Cl)cc3)s2)c1. The van der Waals surface area contributed by atoms with Crippen LogP contribution in [0.2, 0.25) is 5.02 Å². The lowest BCUT2D eigenvalue weighted by Gasteiger charge is -2.04. The van der Waals surface area contributed by atoms with Crippen molar-refractivity contribution in [3.63, 3.8) is 0 Å². The highest BCUT2D eigenvalue weighted by molar-refractivity contribution is 8.01. The minimum atomic E-state index is 0.588. The monoisotopic (exact) mass is 393 g/mol. The molecule has 3 aromatic rings. The van der Waals surface area contributed by atoms with Gasteiger partial charge < -0.3 is 14.8 Å². The Morgan fingerprint density at radius 1 is 1.12 bits per heavy atom. The Balaban J connectivity index is 1.45. The lowest BCUT2D eigenvalue weighted by Crippen LogP contribution is -1.99. The lowest BCUT2D eigenvalue weighted by molar-refractivity contribution is 0.344. The van der Waals surface area contributed by atoms with Crippen LogP contribution in [0, 0.1) is 0 Å². The summed E-state index contributed by atoms with van der Waals surface area (Å²) in [6.07, 6.45) is 0. The van der Waals surface area contributed by atoms with E-state index in [0.717, 1.165) is 32.4 Å². The molecule has 0 aliphatic heterocycles. The van der Waals surface area contributed by atoms with Crippen LogP contribution in [0.3, 0.4) is 0 Å². The van der Waals surface area contributed by atoms with E-state index in [2.05, 4.69) is 15.5 Å². The third-order valence-corrected chi connectivity index (χ3v) is 5.31. The molecule has 5 nitrogen and oxygen atoms in total. The summed E-state index contributed by atoms with van der Waals surface area (Å²) in [7, 11) is 1.64. The Morgan fingerprint density at radius 3 is 2.76 bits per heavy atom. The van der Waals surface area contributed by atoms with Crippen LogP contribution < -0.4 is 14.8 Å². The van der Waals surface area contributed by atoms with Crippen molar-refractivity contribution >= 4 is 45.5 Å². The Labute approximate surface area is 159 Å². The summed E-state index contributed by atoms with van der Waals surface area (Å²) in [5.74, 6) is 2.39. The molecule has 3 rings (SSSR count). The highest BCUT2D eigenvalue weighted by atomic mass is 35.5. The van der Waals surface area contributed by atoms with Gasteiger partial charge in [-0.2, -0.15) is 0 Å². The predicted molar refractivity (Wildman–Crippen MR) is 104 cm³/mol. The fourth-order valence-corrected chi connectivity index (χ4v) is 3.75. The van der Waals surface area contributed by atoms with E-state index in [1.807, 2.05) is 48.5 Å². The molecule has 0 unspecified atom stereocenters. The number of nitrogens with zero attached hydrogens (tertiary/aromatic N) is 2. The van der Waals surface area contributed by atoms with Crippen molar-refractivity contribution < 1.29 is 9.47 Å². The first-order valence-corrected chi connectivity index (χ1v) is 9.67. The van der Waals surface area contributed by atoms with E-state index in [4.69, 9.17) is 21.1 Å². The number of methoxy groups -OCH3 is 1. The highest BCUT2D eigenvalue weighted by Crippen LogP contribution is 2.28. The van der Waals surface area contributed by atoms with Crippen molar-refractivity contribution in [1.82, 2.24) is 10.2 Å². The van der Waals surface area contributed by atoms with Crippen LogP contribution >= 0.6 is 34.7 Å². The maximum atomic E-state index is 5.84. The van der Waals surface area contributed by atoms with E-state index in [9.17, 15) is 0 Å². The number of anilines is 2. The fraction of sp³-hybridized carbons (Fsp3) is 0.176. The number of aromatic nitrogens is 2. The smallest absolute Gasteiger partial charge is 0.210 e. The van der Waals surface area contributed by atoms with Crippen molar-refractivity contribution in [3.05, 3.63) is 53.6 Å². The number of nitrogens with one attached hydrogen (secondary N) is 1. The zero-order valence-electron chi connectivity index (χ0n) is 13.4. The molecule has 8 heteroatoms. The van der Waals surface area contributed by atoms with Crippen LogP contribution in [0.1, 0.15) is 0 Å². The first-order chi connectivity index (χ1) is 12.2. The molecule has 0 saturated carbocycles. The van der Waals surface area contributed by atoms with Gasteiger partial charge in [0, 0.05) is 22.5 Å². The molecular weight excluding hydrogens is 378 g/mol. The van der Waals surface area contributed by atoms with Crippen LogP contribution in [0.25, 0.3) is 0 Å². The largest absolute Gasteiger partial charge is 0.497 e. The molecule has 25 heavy (non-hydrogen) atoms. The van der Waals surface area contributed by atoms with E-state index in [-0.39, 0.29) is 0 Å². The quantitative estimate of drug-likeness (QED) is 0.423. The lowest BCUT2D eigenvalue weighted by atomic mass is 10.3. The van der Waals surface area contributed by atoms with Crippen LogP contribution in [-0.4, -0.2) is 29.7 Å². The first kappa shape index (κ1) is 17.8. The van der Waals surface area contributed by atoms with Gasteiger partial charge in [-0.3, -0.25) is 0 Å². The van der Waals surface area contributed by atoms with Gasteiger partial charge in [0.1, 0.15) is 11.5 Å². The Bertz CT molecular complexity index is 812. The van der Waals surface area contributed by atoms with E-state index in [1.54, 1.807) is 18.9 Å². The van der Waals surface area contributed by atoms with Gasteiger partial charge in [0.05, 0.1) is 13.7 Å². The Morgan fingerprint density at radius 2 is 1.96 bits per heavy atom. The van der Waals surface area contributed by atoms with Gasteiger partial charge in [0.25, 0.3) is 0 Å². The van der Waals surface area contributed by atoms with E-state index in [1.165, 1.54) is 11.3 Å². The van der Waals surface area contributed by atoms with Gasteiger partial charge >= 0.3 is 0 Å². The number of halogens is 1. The van der Waals surface area contributed by atoms with Crippen LogP contribution in [-0.2, 0) is 0 Å². The maximum absolute atomic E-state index is 5.84. The number of rotatable bonds is 8. The zero-order valence-corrected chi connectivity index (χ0v) is 15.8. The molecule has 1 heterocycles. The van der Waals surface area contributed by atoms with Gasteiger partial charge in [-0.25, -0.2) is 0 Å². The van der Waals surface area contributed by atoms with Crippen molar-refractivity contribution in [2.24, 2.45) is 0 Å². The third kappa shape index (κ3) is 5.52.